The highest BCUT2D eigenvalue weighted by Gasteiger charge is 2.34. The first-order valence-corrected chi connectivity index (χ1v) is 7.61. The van der Waals surface area contributed by atoms with Crippen molar-refractivity contribution in [2.75, 3.05) is 18.0 Å². The van der Waals surface area contributed by atoms with Gasteiger partial charge in [-0.15, -0.1) is 0 Å². The van der Waals surface area contributed by atoms with Gasteiger partial charge < -0.3 is 9.64 Å². The van der Waals surface area contributed by atoms with E-state index in [0.29, 0.717) is 31.4 Å². The molecule has 0 aliphatic carbocycles. The van der Waals surface area contributed by atoms with E-state index >= 15 is 0 Å². The highest BCUT2D eigenvalue weighted by atomic mass is 19.4. The van der Waals surface area contributed by atoms with Crippen LogP contribution in [0.3, 0.4) is 0 Å². The van der Waals surface area contributed by atoms with Crippen molar-refractivity contribution in [2.45, 2.75) is 24.9 Å². The van der Waals surface area contributed by atoms with Crippen LogP contribution in [0.15, 0.2) is 36.7 Å². The molecule has 0 bridgehead atoms. The second-order valence-electron chi connectivity index (χ2n) is 5.75. The Morgan fingerprint density at radius 1 is 1.00 bits per heavy atom. The highest BCUT2D eigenvalue weighted by molar-refractivity contribution is 5.48. The van der Waals surface area contributed by atoms with E-state index in [0.717, 1.165) is 24.4 Å². The first-order chi connectivity index (χ1) is 12.1. The van der Waals surface area contributed by atoms with Crippen molar-refractivity contribution in [3.05, 3.63) is 47.9 Å². The molecule has 0 N–H and O–H groups in total. The maximum Gasteiger partial charge on any atom is 0.433 e. The largest absolute Gasteiger partial charge is 0.472 e. The van der Waals surface area contributed by atoms with Crippen molar-refractivity contribution in [3.8, 4) is 5.88 Å². The predicted octanol–water partition coefficient (Wildman–Crippen LogP) is 4.17. The summed E-state index contributed by atoms with van der Waals surface area (Å²) < 4.78 is 81.3. The van der Waals surface area contributed by atoms with Gasteiger partial charge in [0.05, 0.1) is 12.1 Å². The average Bonchev–Trinajstić information content (AvgIpc) is 3.02. The minimum absolute atomic E-state index is 0.0376. The van der Waals surface area contributed by atoms with Crippen LogP contribution in [-0.4, -0.2) is 29.2 Å². The van der Waals surface area contributed by atoms with Crippen molar-refractivity contribution < 1.29 is 31.1 Å². The second-order valence-corrected chi connectivity index (χ2v) is 5.75. The lowest BCUT2D eigenvalue weighted by Gasteiger charge is -2.19. The van der Waals surface area contributed by atoms with E-state index < -0.39 is 23.6 Å². The summed E-state index contributed by atoms with van der Waals surface area (Å²) in [5, 5.41) is 0. The van der Waals surface area contributed by atoms with E-state index in [9.17, 15) is 26.3 Å². The Morgan fingerprint density at radius 3 is 2.38 bits per heavy atom. The first-order valence-electron chi connectivity index (χ1n) is 7.61. The third-order valence-electron chi connectivity index (χ3n) is 3.90. The molecule has 0 saturated carbocycles. The molecule has 1 aliphatic heterocycles. The van der Waals surface area contributed by atoms with Gasteiger partial charge in [0.1, 0.15) is 11.8 Å². The number of hydrogen-bond acceptors (Lipinski definition) is 4. The number of hydrogen-bond donors (Lipinski definition) is 0. The van der Waals surface area contributed by atoms with Gasteiger partial charge in [-0.3, -0.25) is 4.98 Å². The minimum atomic E-state index is -4.53. The number of halogens is 6. The molecule has 0 unspecified atom stereocenters. The maximum atomic E-state index is 12.7. The Labute approximate surface area is 144 Å². The molecule has 4 nitrogen and oxygen atoms in total. The summed E-state index contributed by atoms with van der Waals surface area (Å²) in [7, 11) is 0. The zero-order valence-corrected chi connectivity index (χ0v) is 13.2. The molecule has 2 aromatic rings. The molecule has 2 aromatic heterocycles. The Bertz CT molecular complexity index is 760. The smallest absolute Gasteiger partial charge is 0.433 e. The second kappa shape index (κ2) is 6.65. The molecule has 10 heteroatoms. The summed E-state index contributed by atoms with van der Waals surface area (Å²) in [4.78, 5) is 8.65. The average molecular weight is 377 g/mol. The Balaban J connectivity index is 1.64. The molecule has 26 heavy (non-hydrogen) atoms. The summed E-state index contributed by atoms with van der Waals surface area (Å²) in [6, 6.07) is 4.42. The van der Waals surface area contributed by atoms with Gasteiger partial charge >= 0.3 is 12.4 Å². The van der Waals surface area contributed by atoms with Crippen molar-refractivity contribution in [1.82, 2.24) is 9.97 Å². The van der Waals surface area contributed by atoms with Crippen LogP contribution in [0.4, 0.5) is 32.0 Å². The Morgan fingerprint density at radius 2 is 1.77 bits per heavy atom. The highest BCUT2D eigenvalue weighted by Crippen LogP contribution is 2.32. The molecule has 0 amide bonds. The van der Waals surface area contributed by atoms with Crippen molar-refractivity contribution in [1.29, 1.82) is 0 Å². The Hall–Kier alpha value is -2.52. The molecule has 0 radical (unpaired) electrons. The molecular formula is C16H13F6N3O. The van der Waals surface area contributed by atoms with E-state index in [-0.39, 0.29) is 12.0 Å². The van der Waals surface area contributed by atoms with Gasteiger partial charge in [-0.25, -0.2) is 4.98 Å². The van der Waals surface area contributed by atoms with E-state index in [1.165, 1.54) is 6.07 Å². The fourth-order valence-electron chi connectivity index (χ4n) is 2.62. The van der Waals surface area contributed by atoms with Crippen LogP contribution in [0.25, 0.3) is 0 Å². The van der Waals surface area contributed by atoms with Gasteiger partial charge in [-0.1, -0.05) is 0 Å². The van der Waals surface area contributed by atoms with Crippen molar-refractivity contribution in [3.63, 3.8) is 0 Å². The topological polar surface area (TPSA) is 38.2 Å². The van der Waals surface area contributed by atoms with E-state index in [2.05, 4.69) is 9.97 Å². The van der Waals surface area contributed by atoms with E-state index in [1.54, 1.807) is 4.90 Å². The molecule has 3 rings (SSSR count). The lowest BCUT2D eigenvalue weighted by Crippen LogP contribution is -2.25. The molecule has 1 atom stereocenters. The van der Waals surface area contributed by atoms with Crippen molar-refractivity contribution in [2.24, 2.45) is 0 Å². The van der Waals surface area contributed by atoms with Gasteiger partial charge in [0.25, 0.3) is 0 Å². The zero-order chi connectivity index (χ0) is 18.9. The Kier molecular flexibility index (Phi) is 4.68. The third kappa shape index (κ3) is 4.17. The molecule has 1 aliphatic rings. The number of pyridine rings is 2. The number of rotatable bonds is 3. The van der Waals surface area contributed by atoms with Gasteiger partial charge in [-0.05, 0) is 18.2 Å². The zero-order valence-electron chi connectivity index (χ0n) is 13.2. The lowest BCUT2D eigenvalue weighted by molar-refractivity contribution is -0.141. The SMILES string of the molecule is FC(F)(F)c1ccc(O[C@H]2CCN(c3ccnc(C(F)(F)F)c3)C2)nc1. The van der Waals surface area contributed by atoms with Gasteiger partial charge in [0, 0.05) is 37.1 Å². The van der Waals surface area contributed by atoms with Crippen LogP contribution in [0.1, 0.15) is 17.7 Å². The van der Waals surface area contributed by atoms with Crippen LogP contribution < -0.4 is 9.64 Å². The lowest BCUT2D eigenvalue weighted by atomic mass is 10.3. The summed E-state index contributed by atoms with van der Waals surface area (Å²) in [5.74, 6) is 0.0376. The standard InChI is InChI=1S/C16H13F6N3O/c17-15(18,19)10-1-2-14(24-8-10)26-12-4-6-25(9-12)11-3-5-23-13(7-11)16(20,21)22/h1-3,5,7-8,12H,4,6,9H2/t12-/m0/s1. The van der Waals surface area contributed by atoms with Gasteiger partial charge in [-0.2, -0.15) is 26.3 Å². The monoisotopic (exact) mass is 377 g/mol. The maximum absolute atomic E-state index is 12.7. The summed E-state index contributed by atoms with van der Waals surface area (Å²) in [6.07, 6.45) is -7.12. The quantitative estimate of drug-likeness (QED) is 0.753. The number of ether oxygens (including phenoxy) is 1. The molecular weight excluding hydrogens is 364 g/mol. The van der Waals surface area contributed by atoms with E-state index in [1.807, 2.05) is 0 Å². The molecule has 1 fully saturated rings. The molecule has 1 saturated heterocycles. The number of anilines is 1. The minimum Gasteiger partial charge on any atom is -0.472 e. The molecule has 0 aromatic carbocycles. The summed E-state index contributed by atoms with van der Waals surface area (Å²) in [5.41, 5.74) is -1.50. The fraction of sp³-hybridized carbons (Fsp3) is 0.375. The first kappa shape index (κ1) is 18.3. The van der Waals surface area contributed by atoms with Crippen molar-refractivity contribution >= 4 is 5.69 Å². The molecule has 3 heterocycles. The molecule has 140 valence electrons. The summed E-state index contributed by atoms with van der Waals surface area (Å²) in [6.45, 7) is 0.747. The fourth-order valence-corrected chi connectivity index (χ4v) is 2.62. The number of aromatic nitrogens is 2. The van der Waals surface area contributed by atoms with Crippen LogP contribution in [0.5, 0.6) is 5.88 Å². The third-order valence-corrected chi connectivity index (χ3v) is 3.90. The predicted molar refractivity (Wildman–Crippen MR) is 79.7 cm³/mol. The van der Waals surface area contributed by atoms with Crippen LogP contribution >= 0.6 is 0 Å². The molecule has 0 spiro atoms. The summed E-state index contributed by atoms with van der Waals surface area (Å²) >= 11 is 0. The van der Waals surface area contributed by atoms with Crippen LogP contribution in [0.2, 0.25) is 0 Å². The normalized spacial score (nSPS) is 18.2. The number of nitrogens with zero attached hydrogens (tertiary/aromatic N) is 3. The van der Waals surface area contributed by atoms with Crippen LogP contribution in [0, 0.1) is 0 Å². The van der Waals surface area contributed by atoms with E-state index in [4.69, 9.17) is 4.74 Å². The van der Waals surface area contributed by atoms with Gasteiger partial charge in [0.15, 0.2) is 0 Å². The van der Waals surface area contributed by atoms with Gasteiger partial charge in [0.2, 0.25) is 5.88 Å². The van der Waals surface area contributed by atoms with Crippen LogP contribution in [-0.2, 0) is 12.4 Å². The number of alkyl halides is 6.